The predicted octanol–water partition coefficient (Wildman–Crippen LogP) is 22.3. The van der Waals surface area contributed by atoms with Crippen molar-refractivity contribution in [1.29, 1.82) is 0 Å². The molecule has 0 aliphatic rings. The number of rotatable bonds is 57. The zero-order valence-electron chi connectivity index (χ0n) is 51.1. The Balaban J connectivity index is 4.56. The van der Waals surface area contributed by atoms with Crippen molar-refractivity contribution < 1.29 is 28.6 Å². The van der Waals surface area contributed by atoms with Gasteiger partial charge in [0.05, 0.1) is 0 Å². The van der Waals surface area contributed by atoms with Crippen LogP contribution in [0.4, 0.5) is 0 Å². The molecule has 0 heterocycles. The molecular weight excluding hydrogens is 973 g/mol. The van der Waals surface area contributed by atoms with Crippen molar-refractivity contribution in [2.75, 3.05) is 13.2 Å². The van der Waals surface area contributed by atoms with Gasteiger partial charge in [-0.3, -0.25) is 14.4 Å². The summed E-state index contributed by atoms with van der Waals surface area (Å²) in [5.74, 6) is -0.999. The maximum atomic E-state index is 12.9. The molecular formula is C73H118O6. The molecule has 0 rings (SSSR count). The molecule has 6 nitrogen and oxygen atoms in total. The molecule has 0 aromatic rings. The van der Waals surface area contributed by atoms with E-state index in [2.05, 4.69) is 167 Å². The van der Waals surface area contributed by atoms with Crippen LogP contribution in [0.5, 0.6) is 0 Å². The lowest BCUT2D eigenvalue weighted by molar-refractivity contribution is -0.167. The summed E-state index contributed by atoms with van der Waals surface area (Å²) in [6.07, 6.45) is 94.2. The van der Waals surface area contributed by atoms with Gasteiger partial charge in [0.2, 0.25) is 0 Å². The molecule has 0 aromatic heterocycles. The molecule has 0 saturated heterocycles. The van der Waals surface area contributed by atoms with E-state index < -0.39 is 6.10 Å². The second kappa shape index (κ2) is 65.8. The number of esters is 3. The number of allylic oxidation sites excluding steroid dienone is 24. The SMILES string of the molecule is CC/C=C\C/C=C\C/C=C\C/C=C\C/C=C\C/C=C\CCCCC(=O)OCC(COC(=O)CCCCCCCCCCCCCCCCCCCCC)OC(=O)CCCC/C=C\C/C=C\C/C=C\C/C=C\C/C=C\C/C=C\CC. The number of carbonyl (C=O) groups is 3. The smallest absolute Gasteiger partial charge is 0.306 e. The molecule has 0 fully saturated rings. The fourth-order valence-corrected chi connectivity index (χ4v) is 8.57. The molecule has 0 radical (unpaired) electrons. The van der Waals surface area contributed by atoms with Gasteiger partial charge < -0.3 is 14.2 Å². The predicted molar refractivity (Wildman–Crippen MR) is 343 cm³/mol. The van der Waals surface area contributed by atoms with Gasteiger partial charge in [-0.2, -0.15) is 0 Å². The van der Waals surface area contributed by atoms with Crippen molar-refractivity contribution in [2.45, 2.75) is 284 Å². The molecule has 1 atom stereocenters. The molecule has 79 heavy (non-hydrogen) atoms. The normalized spacial score (nSPS) is 13.1. The minimum atomic E-state index is -0.826. The van der Waals surface area contributed by atoms with Crippen LogP contribution in [0.25, 0.3) is 0 Å². The average molecular weight is 1090 g/mol. The molecule has 446 valence electrons. The summed E-state index contributed by atoms with van der Waals surface area (Å²) in [6.45, 7) is 6.36. The van der Waals surface area contributed by atoms with E-state index in [-0.39, 0.29) is 44.0 Å². The first-order valence-electron chi connectivity index (χ1n) is 32.3. The van der Waals surface area contributed by atoms with Gasteiger partial charge in [0, 0.05) is 19.3 Å². The van der Waals surface area contributed by atoms with Crippen LogP contribution >= 0.6 is 0 Å². The van der Waals surface area contributed by atoms with Gasteiger partial charge in [-0.15, -0.1) is 0 Å². The van der Waals surface area contributed by atoms with E-state index in [0.717, 1.165) is 122 Å². The highest BCUT2D eigenvalue weighted by molar-refractivity contribution is 5.71. The third-order valence-electron chi connectivity index (χ3n) is 13.3. The Hall–Kier alpha value is -4.71. The fourth-order valence-electron chi connectivity index (χ4n) is 8.57. The van der Waals surface area contributed by atoms with E-state index >= 15 is 0 Å². The maximum absolute atomic E-state index is 12.9. The third kappa shape index (κ3) is 64.0. The van der Waals surface area contributed by atoms with Crippen molar-refractivity contribution >= 4 is 17.9 Å². The van der Waals surface area contributed by atoms with Crippen LogP contribution in [0, 0.1) is 0 Å². The third-order valence-corrected chi connectivity index (χ3v) is 13.3. The van der Waals surface area contributed by atoms with Crippen molar-refractivity contribution in [3.8, 4) is 0 Å². The van der Waals surface area contributed by atoms with E-state index in [1.807, 2.05) is 0 Å². The molecule has 0 aromatic carbocycles. The van der Waals surface area contributed by atoms with Gasteiger partial charge in [0.25, 0.3) is 0 Å². The quantitative estimate of drug-likeness (QED) is 0.0261. The number of unbranched alkanes of at least 4 members (excludes halogenated alkanes) is 22. The van der Waals surface area contributed by atoms with Crippen LogP contribution in [0.15, 0.2) is 146 Å². The van der Waals surface area contributed by atoms with E-state index in [0.29, 0.717) is 19.3 Å². The van der Waals surface area contributed by atoms with Gasteiger partial charge in [0.1, 0.15) is 13.2 Å². The molecule has 0 saturated carbocycles. The van der Waals surface area contributed by atoms with E-state index in [4.69, 9.17) is 14.2 Å². The fraction of sp³-hybridized carbons (Fsp3) is 0.630. The Bertz CT molecular complexity index is 1730. The first-order valence-corrected chi connectivity index (χ1v) is 32.3. The van der Waals surface area contributed by atoms with Crippen LogP contribution < -0.4 is 0 Å². The summed E-state index contributed by atoms with van der Waals surface area (Å²) in [6, 6.07) is 0. The highest BCUT2D eigenvalue weighted by Gasteiger charge is 2.19. The summed E-state index contributed by atoms with van der Waals surface area (Å²) in [5, 5.41) is 0. The van der Waals surface area contributed by atoms with Gasteiger partial charge in [-0.25, -0.2) is 0 Å². The minimum Gasteiger partial charge on any atom is -0.462 e. The van der Waals surface area contributed by atoms with Crippen molar-refractivity contribution in [3.63, 3.8) is 0 Å². The van der Waals surface area contributed by atoms with Crippen molar-refractivity contribution in [1.82, 2.24) is 0 Å². The molecule has 0 amide bonds. The molecule has 0 N–H and O–H groups in total. The monoisotopic (exact) mass is 1090 g/mol. The van der Waals surface area contributed by atoms with Gasteiger partial charge in [0.15, 0.2) is 6.10 Å². The lowest BCUT2D eigenvalue weighted by atomic mass is 10.0. The summed E-state index contributed by atoms with van der Waals surface area (Å²) in [7, 11) is 0. The molecule has 0 aliphatic carbocycles. The standard InChI is InChI=1S/C73H118O6/c1-4-7-10-13-16-19-22-25-28-31-34-36-39-42-45-48-51-54-57-60-63-66-72(75)78-69-70(68-77-71(74)65-62-59-56-53-50-47-44-41-38-33-30-27-24-21-18-15-12-9-6-3)79-73(76)67-64-61-58-55-52-49-46-43-40-37-35-32-29-26-23-20-17-14-11-8-5-2/h7-8,10-11,16-17,19-20,25-26,28-29,34-37,42-43,45-46,51-52,54-55,70H,4-6,9,12-15,18,21-24,27,30-33,38-41,44,47-50,53,56-69H2,1-3H3/b10-7-,11-8-,19-16-,20-17-,28-25-,29-26-,36-34-,37-35-,45-42-,46-43-,54-51-,55-52-. The first-order chi connectivity index (χ1) is 39.0. The van der Waals surface area contributed by atoms with Gasteiger partial charge in [-0.1, -0.05) is 282 Å². The highest BCUT2D eigenvalue weighted by Crippen LogP contribution is 2.16. The Morgan fingerprint density at radius 1 is 0.266 bits per heavy atom. The number of hydrogen-bond donors (Lipinski definition) is 0. The molecule has 0 spiro atoms. The molecule has 0 aliphatic heterocycles. The largest absolute Gasteiger partial charge is 0.462 e. The second-order valence-corrected chi connectivity index (χ2v) is 20.9. The van der Waals surface area contributed by atoms with Crippen LogP contribution in [0.3, 0.4) is 0 Å². The highest BCUT2D eigenvalue weighted by atomic mass is 16.6. The molecule has 6 heteroatoms. The zero-order valence-corrected chi connectivity index (χ0v) is 51.1. The minimum absolute atomic E-state index is 0.113. The van der Waals surface area contributed by atoms with Crippen LogP contribution in [0.1, 0.15) is 278 Å². The van der Waals surface area contributed by atoms with Crippen LogP contribution in [-0.4, -0.2) is 37.2 Å². The van der Waals surface area contributed by atoms with Gasteiger partial charge >= 0.3 is 17.9 Å². The summed E-state index contributed by atoms with van der Waals surface area (Å²) >= 11 is 0. The van der Waals surface area contributed by atoms with Crippen molar-refractivity contribution in [3.05, 3.63) is 146 Å². The van der Waals surface area contributed by atoms with Crippen LogP contribution in [-0.2, 0) is 28.6 Å². The average Bonchev–Trinajstić information content (AvgIpc) is 3.45. The Kier molecular flexibility index (Phi) is 61.9. The van der Waals surface area contributed by atoms with Gasteiger partial charge in [-0.05, 0) is 122 Å². The van der Waals surface area contributed by atoms with E-state index in [1.165, 1.54) is 103 Å². The Morgan fingerprint density at radius 2 is 0.494 bits per heavy atom. The summed E-state index contributed by atoms with van der Waals surface area (Å²) < 4.78 is 16.9. The van der Waals surface area contributed by atoms with Crippen LogP contribution in [0.2, 0.25) is 0 Å². The first kappa shape index (κ1) is 74.3. The zero-order chi connectivity index (χ0) is 57.1. The Morgan fingerprint density at radius 3 is 0.772 bits per heavy atom. The summed E-state index contributed by atoms with van der Waals surface area (Å²) in [5.41, 5.74) is 0. The second-order valence-electron chi connectivity index (χ2n) is 20.9. The lowest BCUT2D eigenvalue weighted by Crippen LogP contribution is -2.30. The van der Waals surface area contributed by atoms with Crippen molar-refractivity contribution in [2.24, 2.45) is 0 Å². The molecule has 1 unspecified atom stereocenters. The number of ether oxygens (including phenoxy) is 3. The Labute approximate surface area is 487 Å². The summed E-state index contributed by atoms with van der Waals surface area (Å²) in [4.78, 5) is 38.4. The topological polar surface area (TPSA) is 78.9 Å². The van der Waals surface area contributed by atoms with E-state index in [1.54, 1.807) is 0 Å². The number of carbonyl (C=O) groups excluding carboxylic acids is 3. The maximum Gasteiger partial charge on any atom is 0.306 e. The lowest BCUT2D eigenvalue weighted by Gasteiger charge is -2.18. The van der Waals surface area contributed by atoms with E-state index in [9.17, 15) is 14.4 Å². The number of hydrogen-bond acceptors (Lipinski definition) is 6. The molecule has 0 bridgehead atoms.